The van der Waals surface area contributed by atoms with Crippen LogP contribution in [0.5, 0.6) is 0 Å². The second-order valence-electron chi connectivity index (χ2n) is 9.33. The minimum absolute atomic E-state index is 0.427. The van der Waals surface area contributed by atoms with Gasteiger partial charge in [-0.25, -0.2) is 13.1 Å². The molecular weight excluding hydrogens is 466 g/mol. The van der Waals surface area contributed by atoms with Crippen molar-refractivity contribution in [1.82, 2.24) is 23.6 Å². The lowest BCUT2D eigenvalue weighted by atomic mass is 9.92. The molecule has 2 aromatic carbocycles. The van der Waals surface area contributed by atoms with Gasteiger partial charge in [-0.3, -0.25) is 4.90 Å². The highest BCUT2D eigenvalue weighted by atomic mass is 32.2. The van der Waals surface area contributed by atoms with Gasteiger partial charge in [-0.2, -0.15) is 9.40 Å². The van der Waals surface area contributed by atoms with Crippen molar-refractivity contribution in [2.24, 2.45) is 7.05 Å². The van der Waals surface area contributed by atoms with E-state index in [2.05, 4.69) is 36.1 Å². The molecule has 1 aliphatic heterocycles. The average molecular weight is 498 g/mol. The molecule has 1 aromatic heterocycles. The summed E-state index contributed by atoms with van der Waals surface area (Å²) in [5.74, 6) is 0.832. The molecule has 2 heterocycles. The molecule has 7 nitrogen and oxygen atoms in total. The highest BCUT2D eigenvalue weighted by molar-refractivity contribution is 7.89. The first-order valence-corrected chi connectivity index (χ1v) is 13.7. The summed E-state index contributed by atoms with van der Waals surface area (Å²) in [5, 5.41) is 4.76. The summed E-state index contributed by atoms with van der Waals surface area (Å²) in [6.45, 7) is 4.82. The molecule has 0 amide bonds. The summed E-state index contributed by atoms with van der Waals surface area (Å²) in [7, 11) is -1.55. The van der Waals surface area contributed by atoms with E-state index in [0.29, 0.717) is 42.5 Å². The first-order chi connectivity index (χ1) is 16.3. The molecule has 0 bridgehead atoms. The third-order valence-corrected chi connectivity index (χ3v) is 9.35. The van der Waals surface area contributed by atoms with Gasteiger partial charge < -0.3 is 4.57 Å². The van der Waals surface area contributed by atoms with Gasteiger partial charge in [0.25, 0.3) is 0 Å². The zero-order chi connectivity index (χ0) is 23.9. The van der Waals surface area contributed by atoms with Crippen LogP contribution in [0.15, 0.2) is 47.4 Å². The Hall–Kier alpha value is -2.33. The summed E-state index contributed by atoms with van der Waals surface area (Å²) in [4.78, 5) is 2.64. The fourth-order valence-corrected chi connectivity index (χ4v) is 6.51. The van der Waals surface area contributed by atoms with E-state index in [1.54, 1.807) is 10.4 Å². The summed E-state index contributed by atoms with van der Waals surface area (Å²) in [5.41, 5.74) is 4.72. The number of sulfonamides is 1. The highest BCUT2D eigenvalue weighted by Gasteiger charge is 2.29. The third-order valence-electron chi connectivity index (χ3n) is 6.97. The number of hydrogen-bond acceptors (Lipinski definition) is 5. The summed E-state index contributed by atoms with van der Waals surface area (Å²) >= 11 is 5.63. The Labute approximate surface area is 206 Å². The molecule has 0 radical (unpaired) electrons. The number of rotatable bonds is 5. The van der Waals surface area contributed by atoms with E-state index in [1.807, 2.05) is 28.4 Å². The first-order valence-electron chi connectivity index (χ1n) is 11.9. The Morgan fingerprint density at radius 3 is 2.32 bits per heavy atom. The van der Waals surface area contributed by atoms with Crippen LogP contribution < -0.4 is 0 Å². The molecule has 1 fully saturated rings. The van der Waals surface area contributed by atoms with Crippen LogP contribution in [0.3, 0.4) is 0 Å². The molecule has 2 aliphatic rings. The van der Waals surface area contributed by atoms with Crippen molar-refractivity contribution in [2.45, 2.75) is 44.2 Å². The molecule has 0 spiro atoms. The maximum Gasteiger partial charge on any atom is 0.243 e. The van der Waals surface area contributed by atoms with Crippen molar-refractivity contribution < 1.29 is 8.42 Å². The van der Waals surface area contributed by atoms with Crippen LogP contribution in [0.4, 0.5) is 0 Å². The number of fused-ring (bicyclic) bond motifs is 1. The summed E-state index contributed by atoms with van der Waals surface area (Å²) < 4.78 is 32.6. The molecule has 34 heavy (non-hydrogen) atoms. The lowest BCUT2D eigenvalue weighted by molar-refractivity contribution is 0.144. The van der Waals surface area contributed by atoms with Crippen LogP contribution in [0.2, 0.25) is 0 Å². The average Bonchev–Trinajstić information content (AvgIpc) is 3.13. The maximum absolute atomic E-state index is 13.3. The van der Waals surface area contributed by atoms with Gasteiger partial charge in [0.05, 0.1) is 11.6 Å². The van der Waals surface area contributed by atoms with Gasteiger partial charge in [-0.1, -0.05) is 35.9 Å². The van der Waals surface area contributed by atoms with Gasteiger partial charge in [0.2, 0.25) is 10.0 Å². The Kier molecular flexibility index (Phi) is 6.45. The van der Waals surface area contributed by atoms with Crippen LogP contribution >= 0.6 is 12.2 Å². The monoisotopic (exact) mass is 497 g/mol. The molecule has 0 N–H and O–H groups in total. The number of piperazine rings is 1. The van der Waals surface area contributed by atoms with E-state index in [0.717, 1.165) is 30.7 Å². The molecule has 9 heteroatoms. The zero-order valence-corrected chi connectivity index (χ0v) is 21.4. The van der Waals surface area contributed by atoms with E-state index in [1.165, 1.54) is 23.1 Å². The van der Waals surface area contributed by atoms with Crippen molar-refractivity contribution in [2.75, 3.05) is 26.2 Å². The van der Waals surface area contributed by atoms with Crippen LogP contribution in [0.1, 0.15) is 29.5 Å². The molecule has 180 valence electrons. The first kappa shape index (κ1) is 23.4. The summed E-state index contributed by atoms with van der Waals surface area (Å²) in [6.07, 6.45) is 4.35. The van der Waals surface area contributed by atoms with Crippen molar-refractivity contribution in [3.05, 3.63) is 63.9 Å². The minimum Gasteiger partial charge on any atom is -0.303 e. The van der Waals surface area contributed by atoms with Gasteiger partial charge in [0, 0.05) is 38.8 Å². The molecule has 0 unspecified atom stereocenters. The lowest BCUT2D eigenvalue weighted by Gasteiger charge is -2.33. The zero-order valence-electron chi connectivity index (χ0n) is 19.8. The van der Waals surface area contributed by atoms with Gasteiger partial charge in [-0.05, 0) is 68.1 Å². The van der Waals surface area contributed by atoms with E-state index in [4.69, 9.17) is 17.3 Å². The van der Waals surface area contributed by atoms with Gasteiger partial charge >= 0.3 is 0 Å². The van der Waals surface area contributed by atoms with Gasteiger partial charge in [0.1, 0.15) is 0 Å². The topological polar surface area (TPSA) is 63.4 Å². The largest absolute Gasteiger partial charge is 0.303 e. The van der Waals surface area contributed by atoms with E-state index in [9.17, 15) is 8.42 Å². The number of aryl methyl sites for hydroxylation is 3. The van der Waals surface area contributed by atoms with Crippen molar-refractivity contribution in [1.29, 1.82) is 0 Å². The van der Waals surface area contributed by atoms with E-state index in [-0.39, 0.29) is 0 Å². The van der Waals surface area contributed by atoms with Gasteiger partial charge in [0.15, 0.2) is 10.6 Å². The Morgan fingerprint density at radius 2 is 1.62 bits per heavy atom. The highest BCUT2D eigenvalue weighted by Crippen LogP contribution is 2.26. The minimum atomic E-state index is -3.48. The smallest absolute Gasteiger partial charge is 0.243 e. The number of hydrogen-bond donors (Lipinski definition) is 0. The Bertz CT molecular complexity index is 1350. The molecule has 0 atom stereocenters. The van der Waals surface area contributed by atoms with Crippen LogP contribution in [0.25, 0.3) is 11.4 Å². The molecule has 1 saturated heterocycles. The van der Waals surface area contributed by atoms with Gasteiger partial charge in [-0.15, -0.1) is 0 Å². The van der Waals surface area contributed by atoms with E-state index < -0.39 is 10.0 Å². The van der Waals surface area contributed by atoms with Crippen molar-refractivity contribution in [3.63, 3.8) is 0 Å². The fraction of sp³-hybridized carbons (Fsp3) is 0.440. The molecule has 1 aliphatic carbocycles. The molecule has 5 rings (SSSR count). The number of nitrogens with zero attached hydrogens (tertiary/aromatic N) is 5. The number of aromatic nitrogens is 3. The SMILES string of the molecule is Cc1ccc(-c2nn(CN3CCN(S(=O)(=O)c4ccc5c(c4)CCCC5)CC3)c(=S)n2C)cc1. The second kappa shape index (κ2) is 9.37. The van der Waals surface area contributed by atoms with Crippen LogP contribution in [0, 0.1) is 11.7 Å². The normalized spacial score (nSPS) is 17.6. The Morgan fingerprint density at radius 1 is 0.941 bits per heavy atom. The van der Waals surface area contributed by atoms with Crippen molar-refractivity contribution >= 4 is 22.2 Å². The van der Waals surface area contributed by atoms with Crippen LogP contribution in [-0.2, 0) is 36.6 Å². The standard InChI is InChI=1S/C25H31N5O2S2/c1-19-7-9-21(10-8-19)24-26-30(25(33)27(24)2)18-28-13-15-29(16-14-28)34(31,32)23-12-11-20-5-3-4-6-22(20)17-23/h7-12,17H,3-6,13-16,18H2,1-2H3. The Balaban J connectivity index is 1.26. The summed E-state index contributed by atoms with van der Waals surface area (Å²) in [6, 6.07) is 13.9. The quantitative estimate of drug-likeness (QED) is 0.502. The second-order valence-corrected chi connectivity index (χ2v) is 11.6. The van der Waals surface area contributed by atoms with Crippen molar-refractivity contribution in [3.8, 4) is 11.4 Å². The molecular formula is C25H31N5O2S2. The predicted octanol–water partition coefficient (Wildman–Crippen LogP) is 3.77. The predicted molar refractivity (Wildman–Crippen MR) is 136 cm³/mol. The van der Waals surface area contributed by atoms with Crippen LogP contribution in [-0.4, -0.2) is 58.1 Å². The molecule has 0 saturated carbocycles. The van der Waals surface area contributed by atoms with E-state index >= 15 is 0 Å². The maximum atomic E-state index is 13.3. The third kappa shape index (κ3) is 4.49. The molecule has 3 aromatic rings. The lowest BCUT2D eigenvalue weighted by Crippen LogP contribution is -2.49. The number of benzene rings is 2. The fourth-order valence-electron chi connectivity index (χ4n) is 4.85.